The van der Waals surface area contributed by atoms with E-state index in [0.717, 1.165) is 12.8 Å². The summed E-state index contributed by atoms with van der Waals surface area (Å²) >= 11 is 0. The number of nitrogens with one attached hydrogen (secondary N) is 2. The van der Waals surface area contributed by atoms with E-state index < -0.39 is 10.0 Å². The molecule has 0 aromatic heterocycles. The van der Waals surface area contributed by atoms with E-state index in [-0.39, 0.29) is 17.8 Å². The number of carbonyl (C=O) groups is 1. The molecule has 2 N–H and O–H groups in total. The van der Waals surface area contributed by atoms with Gasteiger partial charge in [0.1, 0.15) is 5.82 Å². The zero-order valence-corrected chi connectivity index (χ0v) is 13.2. The highest BCUT2D eigenvalue weighted by molar-refractivity contribution is 7.88. The number of rotatable bonds is 4. The van der Waals surface area contributed by atoms with Crippen LogP contribution in [0, 0.1) is 11.7 Å². The number of nitrogens with zero attached hydrogens (tertiary/aromatic N) is 1. The first-order valence-electron chi connectivity index (χ1n) is 7.10. The van der Waals surface area contributed by atoms with E-state index in [0.29, 0.717) is 25.3 Å². The molecule has 1 aliphatic heterocycles. The van der Waals surface area contributed by atoms with Gasteiger partial charge in [0.15, 0.2) is 0 Å². The average molecular weight is 329 g/mol. The van der Waals surface area contributed by atoms with Crippen LogP contribution >= 0.6 is 0 Å². The summed E-state index contributed by atoms with van der Waals surface area (Å²) in [6.07, 6.45) is 2.66. The van der Waals surface area contributed by atoms with Crippen molar-refractivity contribution in [2.75, 3.05) is 31.2 Å². The maximum Gasteiger partial charge on any atom is 0.319 e. The van der Waals surface area contributed by atoms with Crippen LogP contribution in [-0.2, 0) is 10.0 Å². The van der Waals surface area contributed by atoms with E-state index in [1.54, 1.807) is 0 Å². The Labute approximate surface area is 129 Å². The molecule has 1 aromatic rings. The third-order valence-electron chi connectivity index (χ3n) is 3.70. The van der Waals surface area contributed by atoms with Crippen LogP contribution in [0.25, 0.3) is 0 Å². The molecule has 1 aliphatic rings. The van der Waals surface area contributed by atoms with E-state index in [9.17, 15) is 17.6 Å². The van der Waals surface area contributed by atoms with Gasteiger partial charge in [-0.25, -0.2) is 21.9 Å². The summed E-state index contributed by atoms with van der Waals surface area (Å²) in [6.45, 7) is 1.47. The van der Waals surface area contributed by atoms with Crippen molar-refractivity contribution in [3.63, 3.8) is 0 Å². The third-order valence-corrected chi connectivity index (χ3v) is 5.00. The molecule has 0 saturated carbocycles. The number of amides is 2. The minimum atomic E-state index is -3.12. The average Bonchev–Trinajstić information content (AvgIpc) is 2.47. The van der Waals surface area contributed by atoms with Gasteiger partial charge in [0.05, 0.1) is 6.26 Å². The largest absolute Gasteiger partial charge is 0.338 e. The summed E-state index contributed by atoms with van der Waals surface area (Å²) in [6, 6.07) is 5.17. The summed E-state index contributed by atoms with van der Waals surface area (Å²) in [5.41, 5.74) is 0.519. The van der Waals surface area contributed by atoms with Crippen molar-refractivity contribution in [1.82, 2.24) is 9.62 Å². The Kier molecular flexibility index (Phi) is 5.36. The van der Waals surface area contributed by atoms with E-state index in [4.69, 9.17) is 0 Å². The number of carbonyl (C=O) groups excluding carboxylic acids is 1. The first kappa shape index (κ1) is 16.7. The highest BCUT2D eigenvalue weighted by Gasteiger charge is 2.24. The number of hydrogen-bond acceptors (Lipinski definition) is 3. The summed E-state index contributed by atoms with van der Waals surface area (Å²) in [4.78, 5) is 11.7. The molecule has 1 saturated heterocycles. The van der Waals surface area contributed by atoms with Gasteiger partial charge in [0, 0.05) is 25.3 Å². The fourth-order valence-electron chi connectivity index (χ4n) is 2.39. The number of piperidine rings is 1. The van der Waals surface area contributed by atoms with Gasteiger partial charge in [-0.05, 0) is 43.0 Å². The van der Waals surface area contributed by atoms with E-state index in [2.05, 4.69) is 10.6 Å². The van der Waals surface area contributed by atoms with Crippen LogP contribution < -0.4 is 10.6 Å². The zero-order chi connectivity index (χ0) is 16.2. The topological polar surface area (TPSA) is 78.5 Å². The minimum absolute atomic E-state index is 0.261. The first-order valence-corrected chi connectivity index (χ1v) is 8.95. The SMILES string of the molecule is CS(=O)(=O)N1CCC(CNC(=O)Nc2ccc(F)cc2)CC1. The second-order valence-corrected chi connectivity index (χ2v) is 7.43. The molecule has 0 atom stereocenters. The van der Waals surface area contributed by atoms with Crippen LogP contribution in [-0.4, -0.2) is 44.6 Å². The molecule has 2 rings (SSSR count). The summed E-state index contributed by atoms with van der Waals surface area (Å²) in [5.74, 6) is -0.0967. The number of sulfonamides is 1. The normalized spacial score (nSPS) is 17.2. The molecule has 6 nitrogen and oxygen atoms in total. The lowest BCUT2D eigenvalue weighted by Crippen LogP contribution is -2.41. The van der Waals surface area contributed by atoms with Gasteiger partial charge in [-0.3, -0.25) is 0 Å². The van der Waals surface area contributed by atoms with Crippen LogP contribution in [0.3, 0.4) is 0 Å². The predicted octanol–water partition coefficient (Wildman–Crippen LogP) is 1.62. The molecule has 1 heterocycles. The Bertz CT molecular complexity index is 611. The van der Waals surface area contributed by atoms with Crippen molar-refractivity contribution < 1.29 is 17.6 Å². The lowest BCUT2D eigenvalue weighted by atomic mass is 9.98. The van der Waals surface area contributed by atoms with Crippen LogP contribution in [0.4, 0.5) is 14.9 Å². The van der Waals surface area contributed by atoms with Crippen molar-refractivity contribution in [2.24, 2.45) is 5.92 Å². The number of anilines is 1. The number of benzene rings is 1. The van der Waals surface area contributed by atoms with Crippen LogP contribution in [0.1, 0.15) is 12.8 Å². The van der Waals surface area contributed by atoms with Gasteiger partial charge in [-0.2, -0.15) is 0 Å². The van der Waals surface area contributed by atoms with Crippen molar-refractivity contribution in [2.45, 2.75) is 12.8 Å². The van der Waals surface area contributed by atoms with Gasteiger partial charge in [0.25, 0.3) is 0 Å². The second kappa shape index (κ2) is 7.06. The van der Waals surface area contributed by atoms with E-state index >= 15 is 0 Å². The fourth-order valence-corrected chi connectivity index (χ4v) is 3.26. The third kappa shape index (κ3) is 4.96. The molecular formula is C14H20FN3O3S. The quantitative estimate of drug-likeness (QED) is 0.881. The van der Waals surface area contributed by atoms with E-state index in [1.807, 2.05) is 0 Å². The van der Waals surface area contributed by atoms with E-state index in [1.165, 1.54) is 34.8 Å². The highest BCUT2D eigenvalue weighted by atomic mass is 32.2. The maximum atomic E-state index is 12.8. The molecule has 0 spiro atoms. The molecular weight excluding hydrogens is 309 g/mol. The Morgan fingerprint density at radius 1 is 1.27 bits per heavy atom. The Balaban J connectivity index is 1.72. The fraction of sp³-hybridized carbons (Fsp3) is 0.500. The molecule has 2 amide bonds. The maximum absolute atomic E-state index is 12.8. The molecule has 22 heavy (non-hydrogen) atoms. The molecule has 0 unspecified atom stereocenters. The Morgan fingerprint density at radius 3 is 2.41 bits per heavy atom. The molecule has 8 heteroatoms. The summed E-state index contributed by atoms with van der Waals surface area (Å²) in [5, 5.41) is 5.38. The molecule has 1 aromatic carbocycles. The van der Waals surface area contributed by atoms with Crippen molar-refractivity contribution in [1.29, 1.82) is 0 Å². The minimum Gasteiger partial charge on any atom is -0.338 e. The van der Waals surface area contributed by atoms with Gasteiger partial charge < -0.3 is 10.6 Å². The van der Waals surface area contributed by atoms with Gasteiger partial charge in [-0.1, -0.05) is 0 Å². The smallest absolute Gasteiger partial charge is 0.319 e. The highest BCUT2D eigenvalue weighted by Crippen LogP contribution is 2.18. The monoisotopic (exact) mass is 329 g/mol. The lowest BCUT2D eigenvalue weighted by Gasteiger charge is -2.30. The van der Waals surface area contributed by atoms with Crippen LogP contribution in [0.15, 0.2) is 24.3 Å². The zero-order valence-electron chi connectivity index (χ0n) is 12.4. The van der Waals surface area contributed by atoms with Crippen LogP contribution in [0.2, 0.25) is 0 Å². The first-order chi connectivity index (χ1) is 10.3. The Morgan fingerprint density at radius 2 is 1.86 bits per heavy atom. The number of halogens is 1. The summed E-state index contributed by atoms with van der Waals surface area (Å²) in [7, 11) is -3.12. The lowest BCUT2D eigenvalue weighted by molar-refractivity contribution is 0.241. The number of hydrogen-bond donors (Lipinski definition) is 2. The molecule has 122 valence electrons. The van der Waals surface area contributed by atoms with Crippen molar-refractivity contribution in [3.05, 3.63) is 30.1 Å². The standard InChI is InChI=1S/C14H20FN3O3S/c1-22(20,21)18-8-6-11(7-9-18)10-16-14(19)17-13-4-2-12(15)3-5-13/h2-5,11H,6-10H2,1H3,(H2,16,17,19). The molecule has 1 fully saturated rings. The summed E-state index contributed by atoms with van der Waals surface area (Å²) < 4.78 is 37.0. The Hall–Kier alpha value is -1.67. The second-order valence-electron chi connectivity index (χ2n) is 5.45. The molecule has 0 aliphatic carbocycles. The number of urea groups is 1. The molecule has 0 radical (unpaired) electrons. The molecule has 0 bridgehead atoms. The van der Waals surface area contributed by atoms with Crippen LogP contribution in [0.5, 0.6) is 0 Å². The van der Waals surface area contributed by atoms with Gasteiger partial charge >= 0.3 is 6.03 Å². The van der Waals surface area contributed by atoms with Crippen molar-refractivity contribution >= 4 is 21.7 Å². The predicted molar refractivity (Wildman–Crippen MR) is 82.6 cm³/mol. The van der Waals surface area contributed by atoms with Gasteiger partial charge in [0.2, 0.25) is 10.0 Å². The van der Waals surface area contributed by atoms with Gasteiger partial charge in [-0.15, -0.1) is 0 Å². The van der Waals surface area contributed by atoms with Crippen molar-refractivity contribution in [3.8, 4) is 0 Å².